The number of hydrogen-bond acceptors (Lipinski definition) is 3. The number of anilines is 1. The molecule has 170 valence electrons. The van der Waals surface area contributed by atoms with E-state index in [-0.39, 0.29) is 24.4 Å². The standard InChI is InChI=1S/C27H30N4O2/c1-19-5-2-3-6-23(19)29-27(33)26-24-7-4-16-30(24)18-25(32)31(26)22-10-8-20(9-11-22)17-21-12-14-28-15-13-21/h4,7-16,19,23,26H,2-3,5-6,17-18H2,1H3,(H,29,33). The predicted octanol–water partition coefficient (Wildman–Crippen LogP) is 4.26. The quantitative estimate of drug-likeness (QED) is 0.642. The van der Waals surface area contributed by atoms with Gasteiger partial charge >= 0.3 is 0 Å². The van der Waals surface area contributed by atoms with Crippen molar-refractivity contribution >= 4 is 17.5 Å². The Bertz CT molecular complexity index is 1120. The highest BCUT2D eigenvalue weighted by Gasteiger charge is 2.39. The lowest BCUT2D eigenvalue weighted by molar-refractivity contribution is -0.129. The number of nitrogens with zero attached hydrogens (tertiary/aromatic N) is 3. The van der Waals surface area contributed by atoms with Crippen molar-refractivity contribution in [1.82, 2.24) is 14.9 Å². The second-order valence-corrected chi connectivity index (χ2v) is 9.30. The summed E-state index contributed by atoms with van der Waals surface area (Å²) in [4.78, 5) is 32.6. The number of benzene rings is 1. The van der Waals surface area contributed by atoms with Crippen LogP contribution in [0.4, 0.5) is 5.69 Å². The summed E-state index contributed by atoms with van der Waals surface area (Å²) < 4.78 is 1.89. The molecule has 1 N–H and O–H groups in total. The summed E-state index contributed by atoms with van der Waals surface area (Å²) in [5, 5.41) is 3.28. The van der Waals surface area contributed by atoms with E-state index in [0.717, 1.165) is 42.6 Å². The van der Waals surface area contributed by atoms with E-state index in [1.165, 1.54) is 12.0 Å². The van der Waals surface area contributed by atoms with Gasteiger partial charge in [0, 0.05) is 30.3 Å². The van der Waals surface area contributed by atoms with Gasteiger partial charge in [0.05, 0.1) is 5.69 Å². The molecule has 1 aliphatic heterocycles. The minimum absolute atomic E-state index is 0.0718. The average molecular weight is 443 g/mol. The Morgan fingerprint density at radius 1 is 1.03 bits per heavy atom. The molecule has 2 aliphatic rings. The first-order valence-corrected chi connectivity index (χ1v) is 11.9. The molecule has 2 aromatic heterocycles. The SMILES string of the molecule is CC1CCCCC1NC(=O)C1c2cccn2CC(=O)N1c1ccc(Cc2ccncc2)cc1. The maximum atomic E-state index is 13.6. The lowest BCUT2D eigenvalue weighted by Gasteiger charge is -2.38. The van der Waals surface area contributed by atoms with Crippen molar-refractivity contribution in [2.24, 2.45) is 5.92 Å². The Labute approximate surface area is 194 Å². The second kappa shape index (κ2) is 9.22. The van der Waals surface area contributed by atoms with E-state index in [9.17, 15) is 9.59 Å². The Morgan fingerprint density at radius 3 is 2.52 bits per heavy atom. The Morgan fingerprint density at radius 2 is 1.76 bits per heavy atom. The van der Waals surface area contributed by atoms with Crippen LogP contribution in [0.2, 0.25) is 0 Å². The number of fused-ring (bicyclic) bond motifs is 1. The van der Waals surface area contributed by atoms with E-state index in [4.69, 9.17) is 0 Å². The van der Waals surface area contributed by atoms with Gasteiger partial charge in [0.2, 0.25) is 11.8 Å². The second-order valence-electron chi connectivity index (χ2n) is 9.30. The molecule has 5 rings (SSSR count). The van der Waals surface area contributed by atoms with Gasteiger partial charge in [-0.15, -0.1) is 0 Å². The van der Waals surface area contributed by atoms with Crippen molar-refractivity contribution in [1.29, 1.82) is 0 Å². The lowest BCUT2D eigenvalue weighted by atomic mass is 9.85. The van der Waals surface area contributed by atoms with Crippen LogP contribution >= 0.6 is 0 Å². The molecule has 33 heavy (non-hydrogen) atoms. The minimum atomic E-state index is -0.665. The summed E-state index contributed by atoms with van der Waals surface area (Å²) in [6.07, 6.45) is 10.7. The highest BCUT2D eigenvalue weighted by molar-refractivity contribution is 6.02. The largest absolute Gasteiger partial charge is 0.351 e. The van der Waals surface area contributed by atoms with Crippen LogP contribution in [-0.4, -0.2) is 27.4 Å². The summed E-state index contributed by atoms with van der Waals surface area (Å²) >= 11 is 0. The molecule has 0 bridgehead atoms. The molecule has 6 nitrogen and oxygen atoms in total. The lowest BCUT2D eigenvalue weighted by Crippen LogP contribution is -2.52. The van der Waals surface area contributed by atoms with Crippen LogP contribution in [0.1, 0.15) is 55.5 Å². The molecule has 0 saturated heterocycles. The summed E-state index contributed by atoms with van der Waals surface area (Å²) in [7, 11) is 0. The van der Waals surface area contributed by atoms with Crippen LogP contribution in [0.5, 0.6) is 0 Å². The molecule has 0 radical (unpaired) electrons. The molecular formula is C27H30N4O2. The smallest absolute Gasteiger partial charge is 0.249 e. The number of pyridine rings is 1. The zero-order valence-corrected chi connectivity index (χ0v) is 19.0. The average Bonchev–Trinajstić information content (AvgIpc) is 3.29. The van der Waals surface area contributed by atoms with Crippen molar-refractivity contribution < 1.29 is 9.59 Å². The van der Waals surface area contributed by atoms with Gasteiger partial charge in [-0.05, 0) is 72.7 Å². The third kappa shape index (κ3) is 4.42. The van der Waals surface area contributed by atoms with Gasteiger partial charge in [0.1, 0.15) is 6.54 Å². The van der Waals surface area contributed by atoms with Crippen molar-refractivity contribution in [2.75, 3.05) is 4.90 Å². The number of nitrogens with one attached hydrogen (secondary N) is 1. The van der Waals surface area contributed by atoms with Crippen LogP contribution in [0.3, 0.4) is 0 Å². The zero-order chi connectivity index (χ0) is 22.8. The predicted molar refractivity (Wildman–Crippen MR) is 128 cm³/mol. The maximum absolute atomic E-state index is 13.6. The maximum Gasteiger partial charge on any atom is 0.249 e. The highest BCUT2D eigenvalue weighted by Crippen LogP contribution is 2.33. The number of hydrogen-bond donors (Lipinski definition) is 1. The monoisotopic (exact) mass is 442 g/mol. The van der Waals surface area contributed by atoms with Crippen molar-refractivity contribution in [2.45, 2.75) is 57.7 Å². The fraction of sp³-hybridized carbons (Fsp3) is 0.370. The number of carbonyl (C=O) groups is 2. The molecule has 3 unspecified atom stereocenters. The summed E-state index contributed by atoms with van der Waals surface area (Å²) in [6, 6.07) is 15.3. The number of rotatable bonds is 5. The third-order valence-electron chi connectivity index (χ3n) is 7.04. The molecule has 3 heterocycles. The van der Waals surface area contributed by atoms with Crippen LogP contribution in [-0.2, 0) is 22.6 Å². The summed E-state index contributed by atoms with van der Waals surface area (Å²) in [6.45, 7) is 2.45. The van der Waals surface area contributed by atoms with Crippen molar-refractivity contribution in [3.8, 4) is 0 Å². The normalized spacial score (nSPS) is 22.6. The Kier molecular flexibility index (Phi) is 5.99. The van der Waals surface area contributed by atoms with Gasteiger partial charge in [0.15, 0.2) is 6.04 Å². The van der Waals surface area contributed by atoms with E-state index < -0.39 is 6.04 Å². The first-order valence-electron chi connectivity index (χ1n) is 11.9. The van der Waals surface area contributed by atoms with Crippen molar-refractivity contribution in [3.63, 3.8) is 0 Å². The molecule has 2 amide bonds. The topological polar surface area (TPSA) is 67.2 Å². The minimum Gasteiger partial charge on any atom is -0.351 e. The van der Waals surface area contributed by atoms with E-state index in [1.807, 2.05) is 59.3 Å². The molecular weight excluding hydrogens is 412 g/mol. The Hall–Kier alpha value is -3.41. The number of amides is 2. The van der Waals surface area contributed by atoms with Crippen LogP contribution in [0, 0.1) is 5.92 Å². The molecule has 1 fully saturated rings. The molecule has 3 atom stereocenters. The fourth-order valence-corrected chi connectivity index (χ4v) is 5.17. The van der Waals surface area contributed by atoms with Gasteiger partial charge in [-0.3, -0.25) is 19.5 Å². The van der Waals surface area contributed by atoms with Gasteiger partial charge in [0.25, 0.3) is 0 Å². The molecule has 3 aromatic rings. The number of aromatic nitrogens is 2. The third-order valence-corrected chi connectivity index (χ3v) is 7.04. The zero-order valence-electron chi connectivity index (χ0n) is 19.0. The fourth-order valence-electron chi connectivity index (χ4n) is 5.17. The first kappa shape index (κ1) is 21.4. The summed E-state index contributed by atoms with van der Waals surface area (Å²) in [5.74, 6) is 0.287. The van der Waals surface area contributed by atoms with Crippen LogP contribution < -0.4 is 10.2 Å². The molecule has 1 aliphatic carbocycles. The van der Waals surface area contributed by atoms with Crippen molar-refractivity contribution in [3.05, 3.63) is 83.9 Å². The van der Waals surface area contributed by atoms with E-state index in [2.05, 4.69) is 17.2 Å². The van der Waals surface area contributed by atoms with Crippen LogP contribution in [0.25, 0.3) is 0 Å². The first-order chi connectivity index (χ1) is 16.1. The van der Waals surface area contributed by atoms with Gasteiger partial charge in [-0.1, -0.05) is 31.9 Å². The summed E-state index contributed by atoms with van der Waals surface area (Å²) in [5.41, 5.74) is 3.94. The van der Waals surface area contributed by atoms with E-state index in [1.54, 1.807) is 17.3 Å². The van der Waals surface area contributed by atoms with Crippen LogP contribution in [0.15, 0.2) is 67.1 Å². The molecule has 1 aromatic carbocycles. The Balaban J connectivity index is 1.42. The highest BCUT2D eigenvalue weighted by atomic mass is 16.2. The molecule has 1 saturated carbocycles. The molecule has 0 spiro atoms. The number of carbonyl (C=O) groups excluding carboxylic acids is 2. The molecule has 6 heteroatoms. The van der Waals surface area contributed by atoms with Gasteiger partial charge in [-0.2, -0.15) is 0 Å². The van der Waals surface area contributed by atoms with E-state index in [0.29, 0.717) is 5.92 Å². The van der Waals surface area contributed by atoms with E-state index >= 15 is 0 Å². The van der Waals surface area contributed by atoms with Gasteiger partial charge in [-0.25, -0.2) is 0 Å². The van der Waals surface area contributed by atoms with Gasteiger partial charge < -0.3 is 9.88 Å².